The molecule has 0 saturated carbocycles. The molecule has 1 N–H and O–H groups in total. The van der Waals surface area contributed by atoms with Crippen LogP contribution < -0.4 is 5.56 Å². The number of aryl methyl sites for hydroxylation is 3. The Kier molecular flexibility index (Phi) is 3.13. The molecule has 0 radical (unpaired) electrons. The maximum absolute atomic E-state index is 12.4. The van der Waals surface area contributed by atoms with E-state index in [1.54, 1.807) is 6.92 Å². The number of aromatic amines is 1. The van der Waals surface area contributed by atoms with E-state index in [-0.39, 0.29) is 11.2 Å². The van der Waals surface area contributed by atoms with Crippen LogP contribution in [0.1, 0.15) is 17.0 Å². The van der Waals surface area contributed by atoms with E-state index in [9.17, 15) is 4.79 Å². The van der Waals surface area contributed by atoms with E-state index in [1.165, 1.54) is 4.52 Å². The summed E-state index contributed by atoms with van der Waals surface area (Å²) in [5, 5.41) is 11.1. The van der Waals surface area contributed by atoms with Gasteiger partial charge in [0, 0.05) is 11.8 Å². The van der Waals surface area contributed by atoms with Gasteiger partial charge in [-0.05, 0) is 32.9 Å². The van der Waals surface area contributed by atoms with Crippen LogP contribution >= 0.6 is 0 Å². The third-order valence-electron chi connectivity index (χ3n) is 3.19. The van der Waals surface area contributed by atoms with E-state index in [0.29, 0.717) is 17.0 Å². The summed E-state index contributed by atoms with van der Waals surface area (Å²) in [5.74, 6) is 0. The monoisotopic (exact) mass is 281 g/mol. The number of nitrogens with zero attached hydrogens (tertiary/aromatic N) is 4. The van der Waals surface area contributed by atoms with Gasteiger partial charge in [-0.1, -0.05) is 17.7 Å². The fourth-order valence-electron chi connectivity index (χ4n) is 2.08. The summed E-state index contributed by atoms with van der Waals surface area (Å²) in [6, 6.07) is 9.43. The molecule has 3 rings (SSSR count). The van der Waals surface area contributed by atoms with E-state index < -0.39 is 0 Å². The van der Waals surface area contributed by atoms with Gasteiger partial charge in [-0.25, -0.2) is 4.98 Å². The lowest BCUT2D eigenvalue weighted by atomic mass is 10.2. The number of nitrogens with one attached hydrogen (secondary N) is 1. The minimum atomic E-state index is -0.249. The summed E-state index contributed by atoms with van der Waals surface area (Å²) in [5.41, 5.74) is 3.87. The molecule has 6 nitrogen and oxygen atoms in total. The number of azo groups is 1. The van der Waals surface area contributed by atoms with Gasteiger partial charge >= 0.3 is 5.56 Å². The van der Waals surface area contributed by atoms with E-state index in [0.717, 1.165) is 11.3 Å². The molecule has 21 heavy (non-hydrogen) atoms. The number of benzene rings is 1. The number of aromatic nitrogens is 3. The van der Waals surface area contributed by atoms with Crippen LogP contribution in [-0.2, 0) is 0 Å². The van der Waals surface area contributed by atoms with Crippen LogP contribution in [0.4, 0.5) is 11.4 Å². The molecule has 0 aliphatic rings. The van der Waals surface area contributed by atoms with Crippen molar-refractivity contribution in [2.24, 2.45) is 10.2 Å². The van der Waals surface area contributed by atoms with E-state index in [2.05, 4.69) is 20.3 Å². The van der Waals surface area contributed by atoms with Crippen molar-refractivity contribution in [1.29, 1.82) is 0 Å². The Hall–Kier alpha value is -2.76. The van der Waals surface area contributed by atoms with Crippen molar-refractivity contribution in [1.82, 2.24) is 14.6 Å². The van der Waals surface area contributed by atoms with Gasteiger partial charge in [0.15, 0.2) is 11.3 Å². The quantitative estimate of drug-likeness (QED) is 0.731. The lowest BCUT2D eigenvalue weighted by Crippen LogP contribution is -2.15. The number of hydrogen-bond acceptors (Lipinski definition) is 4. The predicted octanol–water partition coefficient (Wildman–Crippen LogP) is 3.36. The van der Waals surface area contributed by atoms with Crippen LogP contribution in [0.3, 0.4) is 0 Å². The highest BCUT2D eigenvalue weighted by molar-refractivity contribution is 5.49. The first-order valence-corrected chi connectivity index (χ1v) is 6.62. The molecule has 3 aromatic rings. The Bertz CT molecular complexity index is 887. The number of hydrogen-bond donors (Lipinski definition) is 1. The van der Waals surface area contributed by atoms with Crippen LogP contribution in [0.25, 0.3) is 5.65 Å². The first-order chi connectivity index (χ1) is 10.0. The van der Waals surface area contributed by atoms with Gasteiger partial charge in [-0.2, -0.15) is 9.63 Å². The average Bonchev–Trinajstić information content (AvgIpc) is 2.81. The predicted molar refractivity (Wildman–Crippen MR) is 80.6 cm³/mol. The zero-order chi connectivity index (χ0) is 15.0. The second kappa shape index (κ2) is 4.97. The van der Waals surface area contributed by atoms with Crippen LogP contribution in [0, 0.1) is 20.8 Å². The maximum atomic E-state index is 12.4. The lowest BCUT2D eigenvalue weighted by Gasteiger charge is -1.99. The highest BCUT2D eigenvalue weighted by Gasteiger charge is 2.10. The van der Waals surface area contributed by atoms with E-state index >= 15 is 0 Å². The van der Waals surface area contributed by atoms with Crippen molar-refractivity contribution < 1.29 is 0 Å². The normalized spacial score (nSPS) is 11.6. The summed E-state index contributed by atoms with van der Waals surface area (Å²) in [6.45, 7) is 5.63. The molecule has 2 aromatic heterocycles. The zero-order valence-electron chi connectivity index (χ0n) is 12.1. The molecular formula is C15H15N5O. The first kappa shape index (κ1) is 13.2. The van der Waals surface area contributed by atoms with Crippen molar-refractivity contribution in [2.75, 3.05) is 0 Å². The molecule has 106 valence electrons. The fraction of sp³-hybridized carbons (Fsp3) is 0.200. The topological polar surface area (TPSA) is 74.9 Å². The molecular weight excluding hydrogens is 266 g/mol. The lowest BCUT2D eigenvalue weighted by molar-refractivity contribution is 0.869. The Morgan fingerprint density at radius 2 is 1.81 bits per heavy atom. The van der Waals surface area contributed by atoms with Gasteiger partial charge in [-0.15, -0.1) is 5.11 Å². The van der Waals surface area contributed by atoms with Crippen LogP contribution in [0.2, 0.25) is 0 Å². The molecule has 0 aliphatic heterocycles. The molecule has 1 aromatic carbocycles. The highest BCUT2D eigenvalue weighted by Crippen LogP contribution is 2.18. The van der Waals surface area contributed by atoms with E-state index in [1.807, 2.05) is 44.2 Å². The third kappa shape index (κ3) is 2.47. The first-order valence-electron chi connectivity index (χ1n) is 6.62. The fourth-order valence-corrected chi connectivity index (χ4v) is 2.08. The second-order valence-corrected chi connectivity index (χ2v) is 5.02. The summed E-state index contributed by atoms with van der Waals surface area (Å²) >= 11 is 0. The molecule has 0 bridgehead atoms. The Morgan fingerprint density at radius 3 is 2.52 bits per heavy atom. The molecule has 0 aliphatic carbocycles. The molecule has 0 fully saturated rings. The van der Waals surface area contributed by atoms with Gasteiger partial charge in [0.25, 0.3) is 0 Å². The smallest absolute Gasteiger partial charge is 0.294 e. The second-order valence-electron chi connectivity index (χ2n) is 5.02. The van der Waals surface area contributed by atoms with Crippen LogP contribution in [0.15, 0.2) is 45.4 Å². The molecule has 0 atom stereocenters. The van der Waals surface area contributed by atoms with Gasteiger partial charge < -0.3 is 0 Å². The number of rotatable bonds is 2. The van der Waals surface area contributed by atoms with Crippen molar-refractivity contribution in [3.05, 3.63) is 57.6 Å². The highest BCUT2D eigenvalue weighted by atomic mass is 16.1. The summed E-state index contributed by atoms with van der Waals surface area (Å²) in [4.78, 5) is 16.7. The summed E-state index contributed by atoms with van der Waals surface area (Å²) in [6.07, 6.45) is 0. The third-order valence-corrected chi connectivity index (χ3v) is 3.19. The van der Waals surface area contributed by atoms with Crippen molar-refractivity contribution in [2.45, 2.75) is 20.8 Å². The minimum absolute atomic E-state index is 0.245. The molecule has 0 spiro atoms. The molecule has 0 saturated heterocycles. The average molecular weight is 281 g/mol. The number of H-pyrrole nitrogens is 1. The number of fused-ring (bicyclic) bond motifs is 1. The van der Waals surface area contributed by atoms with Crippen molar-refractivity contribution in [3.8, 4) is 0 Å². The minimum Gasteiger partial charge on any atom is -0.294 e. The van der Waals surface area contributed by atoms with Crippen LogP contribution in [0.5, 0.6) is 0 Å². The SMILES string of the molecule is Cc1ccc(N=Nc2c(C)nc3cc(C)[nH]n3c2=O)cc1. The Labute approximate surface area is 121 Å². The maximum Gasteiger partial charge on any atom is 0.300 e. The zero-order valence-corrected chi connectivity index (χ0v) is 12.1. The molecule has 0 unspecified atom stereocenters. The van der Waals surface area contributed by atoms with Crippen molar-refractivity contribution >= 4 is 17.0 Å². The van der Waals surface area contributed by atoms with E-state index in [4.69, 9.17) is 0 Å². The largest absolute Gasteiger partial charge is 0.300 e. The molecule has 0 amide bonds. The van der Waals surface area contributed by atoms with Gasteiger partial charge in [-0.3, -0.25) is 9.89 Å². The molecule has 2 heterocycles. The summed E-state index contributed by atoms with van der Waals surface area (Å²) in [7, 11) is 0. The van der Waals surface area contributed by atoms with Gasteiger partial charge in [0.2, 0.25) is 0 Å². The van der Waals surface area contributed by atoms with Crippen LogP contribution in [-0.4, -0.2) is 14.6 Å². The van der Waals surface area contributed by atoms with Crippen molar-refractivity contribution in [3.63, 3.8) is 0 Å². The molecule has 6 heteroatoms. The van der Waals surface area contributed by atoms with Gasteiger partial charge in [0.1, 0.15) is 0 Å². The Morgan fingerprint density at radius 1 is 1.10 bits per heavy atom. The summed E-state index contributed by atoms with van der Waals surface area (Å²) < 4.78 is 1.38. The van der Waals surface area contributed by atoms with Gasteiger partial charge in [0.05, 0.1) is 11.4 Å². The Balaban J connectivity index is 2.07. The standard InChI is InChI=1S/C15H15N5O/c1-9-4-6-12(7-5-9)17-18-14-11(3)16-13-8-10(2)19-20(13)15(14)21/h4-8,19H,1-3H3.